The van der Waals surface area contributed by atoms with Gasteiger partial charge in [0.05, 0.1) is 5.56 Å². The van der Waals surface area contributed by atoms with Crippen molar-refractivity contribution >= 4 is 5.82 Å². The van der Waals surface area contributed by atoms with Gasteiger partial charge in [0, 0.05) is 0 Å². The Balaban J connectivity index is 2.21. The molecular formula is C15H20N4O. The van der Waals surface area contributed by atoms with Crippen molar-refractivity contribution in [2.45, 2.75) is 33.1 Å². The van der Waals surface area contributed by atoms with Gasteiger partial charge in [-0.1, -0.05) is 32.4 Å². The number of hydrogen-bond acceptors (Lipinski definition) is 5. The number of nitrogens with two attached hydrogens (primary N) is 1. The first-order chi connectivity index (χ1) is 9.78. The summed E-state index contributed by atoms with van der Waals surface area (Å²) in [6, 6.07) is 8.08. The molecule has 0 amide bonds. The number of ether oxygens (including phenoxy) is 1. The number of rotatable bonds is 6. The highest BCUT2D eigenvalue weighted by Gasteiger charge is 2.11. The third-order valence-corrected chi connectivity index (χ3v) is 3.07. The van der Waals surface area contributed by atoms with E-state index in [1.165, 1.54) is 11.9 Å². The normalized spacial score (nSPS) is 10.3. The van der Waals surface area contributed by atoms with Crippen molar-refractivity contribution < 1.29 is 4.74 Å². The van der Waals surface area contributed by atoms with Gasteiger partial charge in [-0.15, -0.1) is 0 Å². The van der Waals surface area contributed by atoms with Gasteiger partial charge in [0.25, 0.3) is 0 Å². The number of nitrogens with one attached hydrogen (secondary N) is 1. The van der Waals surface area contributed by atoms with Gasteiger partial charge >= 0.3 is 0 Å². The number of nitrogen functional groups attached to an aromatic ring is 1. The zero-order chi connectivity index (χ0) is 14.4. The molecule has 0 aliphatic carbocycles. The molecule has 106 valence electrons. The van der Waals surface area contributed by atoms with E-state index in [2.05, 4.69) is 34.5 Å². The number of anilines is 1. The molecule has 3 N–H and O–H groups in total. The molecule has 1 aromatic heterocycles. The van der Waals surface area contributed by atoms with Crippen LogP contribution in [0.15, 0.2) is 30.6 Å². The van der Waals surface area contributed by atoms with E-state index in [0.29, 0.717) is 11.7 Å². The molecular weight excluding hydrogens is 252 g/mol. The van der Waals surface area contributed by atoms with Crippen LogP contribution < -0.4 is 16.0 Å². The Labute approximate surface area is 119 Å². The summed E-state index contributed by atoms with van der Waals surface area (Å²) in [7, 11) is 0. The smallest absolute Gasteiger partial charge is 0.227 e. The summed E-state index contributed by atoms with van der Waals surface area (Å²) < 4.78 is 5.83. The molecule has 5 nitrogen and oxygen atoms in total. The molecule has 0 saturated heterocycles. The van der Waals surface area contributed by atoms with Gasteiger partial charge < -0.3 is 10.2 Å². The van der Waals surface area contributed by atoms with Crippen LogP contribution in [0, 0.1) is 0 Å². The molecule has 0 fully saturated rings. The van der Waals surface area contributed by atoms with Crippen LogP contribution in [-0.4, -0.2) is 9.97 Å². The Kier molecular flexibility index (Phi) is 4.90. The summed E-state index contributed by atoms with van der Waals surface area (Å²) >= 11 is 0. The SMILES string of the molecule is CCCc1ccc(Oc2ncnc(NN)c2CC)cc1. The quantitative estimate of drug-likeness (QED) is 0.624. The number of hydrazine groups is 1. The van der Waals surface area contributed by atoms with Crippen molar-refractivity contribution in [1.29, 1.82) is 0 Å². The molecule has 0 unspecified atom stereocenters. The fourth-order valence-electron chi connectivity index (χ4n) is 2.05. The Bertz CT molecular complexity index is 554. The van der Waals surface area contributed by atoms with Gasteiger partial charge in [0.15, 0.2) is 0 Å². The monoisotopic (exact) mass is 272 g/mol. The summed E-state index contributed by atoms with van der Waals surface area (Å²) in [6.07, 6.45) is 4.39. The van der Waals surface area contributed by atoms with Crippen LogP contribution in [0.25, 0.3) is 0 Å². The summed E-state index contributed by atoms with van der Waals surface area (Å²) in [4.78, 5) is 8.26. The minimum Gasteiger partial charge on any atom is -0.439 e. The maximum atomic E-state index is 5.83. The average Bonchev–Trinajstić information content (AvgIpc) is 2.49. The number of hydrogen-bond donors (Lipinski definition) is 2. The maximum Gasteiger partial charge on any atom is 0.227 e. The lowest BCUT2D eigenvalue weighted by molar-refractivity contribution is 0.455. The molecule has 0 aliphatic rings. The fraction of sp³-hybridized carbons (Fsp3) is 0.333. The van der Waals surface area contributed by atoms with Crippen molar-refractivity contribution in [2.24, 2.45) is 5.84 Å². The number of benzene rings is 1. The van der Waals surface area contributed by atoms with E-state index < -0.39 is 0 Å². The minimum absolute atomic E-state index is 0.540. The predicted octanol–water partition coefficient (Wildman–Crippen LogP) is 3.07. The highest BCUT2D eigenvalue weighted by Crippen LogP contribution is 2.27. The largest absolute Gasteiger partial charge is 0.439 e. The van der Waals surface area contributed by atoms with E-state index in [1.54, 1.807) is 0 Å². The molecule has 0 radical (unpaired) electrons. The Morgan fingerprint density at radius 3 is 2.50 bits per heavy atom. The second-order valence-corrected chi connectivity index (χ2v) is 4.50. The molecule has 0 bridgehead atoms. The van der Waals surface area contributed by atoms with Gasteiger partial charge in [-0.05, 0) is 30.5 Å². The van der Waals surface area contributed by atoms with Crippen molar-refractivity contribution in [3.05, 3.63) is 41.7 Å². The van der Waals surface area contributed by atoms with Crippen molar-refractivity contribution in [1.82, 2.24) is 9.97 Å². The third kappa shape index (κ3) is 3.24. The van der Waals surface area contributed by atoms with Crippen LogP contribution in [0.1, 0.15) is 31.4 Å². The second-order valence-electron chi connectivity index (χ2n) is 4.50. The lowest BCUT2D eigenvalue weighted by Gasteiger charge is -2.11. The van der Waals surface area contributed by atoms with Crippen LogP contribution in [0.3, 0.4) is 0 Å². The molecule has 2 rings (SSSR count). The van der Waals surface area contributed by atoms with E-state index in [9.17, 15) is 0 Å². The topological polar surface area (TPSA) is 73.1 Å². The van der Waals surface area contributed by atoms with Crippen LogP contribution in [0.5, 0.6) is 11.6 Å². The van der Waals surface area contributed by atoms with Crippen molar-refractivity contribution in [3.63, 3.8) is 0 Å². The van der Waals surface area contributed by atoms with Gasteiger partial charge in [-0.2, -0.15) is 0 Å². The Hall–Kier alpha value is -2.14. The van der Waals surface area contributed by atoms with E-state index >= 15 is 0 Å². The van der Waals surface area contributed by atoms with Gasteiger partial charge in [-0.25, -0.2) is 15.8 Å². The zero-order valence-corrected chi connectivity index (χ0v) is 11.9. The first-order valence-corrected chi connectivity index (χ1v) is 6.85. The summed E-state index contributed by atoms with van der Waals surface area (Å²) in [5.41, 5.74) is 4.74. The molecule has 0 spiro atoms. The summed E-state index contributed by atoms with van der Waals surface area (Å²) in [5, 5.41) is 0. The Morgan fingerprint density at radius 2 is 1.90 bits per heavy atom. The molecule has 0 aliphatic heterocycles. The first-order valence-electron chi connectivity index (χ1n) is 6.85. The fourth-order valence-corrected chi connectivity index (χ4v) is 2.05. The van der Waals surface area contributed by atoms with E-state index in [4.69, 9.17) is 10.6 Å². The minimum atomic E-state index is 0.540. The van der Waals surface area contributed by atoms with E-state index in [0.717, 1.165) is 30.6 Å². The lowest BCUT2D eigenvalue weighted by Crippen LogP contribution is -2.12. The average molecular weight is 272 g/mol. The highest BCUT2D eigenvalue weighted by atomic mass is 16.5. The summed E-state index contributed by atoms with van der Waals surface area (Å²) in [5.74, 6) is 7.35. The zero-order valence-electron chi connectivity index (χ0n) is 11.9. The van der Waals surface area contributed by atoms with E-state index in [1.807, 2.05) is 19.1 Å². The maximum absolute atomic E-state index is 5.83. The summed E-state index contributed by atoms with van der Waals surface area (Å²) in [6.45, 7) is 4.18. The van der Waals surface area contributed by atoms with Crippen LogP contribution in [0.4, 0.5) is 5.82 Å². The van der Waals surface area contributed by atoms with Crippen molar-refractivity contribution in [2.75, 3.05) is 5.43 Å². The van der Waals surface area contributed by atoms with Gasteiger partial charge in [0.2, 0.25) is 5.88 Å². The second kappa shape index (κ2) is 6.86. The van der Waals surface area contributed by atoms with Crippen molar-refractivity contribution in [3.8, 4) is 11.6 Å². The third-order valence-electron chi connectivity index (χ3n) is 3.07. The molecule has 2 aromatic rings. The molecule has 0 atom stereocenters. The lowest BCUT2D eigenvalue weighted by atomic mass is 10.1. The van der Waals surface area contributed by atoms with Crippen LogP contribution >= 0.6 is 0 Å². The molecule has 1 heterocycles. The standard InChI is InChI=1S/C15H20N4O/c1-3-5-11-6-8-12(9-7-11)20-15-13(4-2)14(19-16)17-10-18-15/h6-10H,3-5,16H2,1-2H3,(H,17,18,19). The van der Waals surface area contributed by atoms with Gasteiger partial charge in [-0.3, -0.25) is 0 Å². The van der Waals surface area contributed by atoms with Gasteiger partial charge in [0.1, 0.15) is 17.9 Å². The molecule has 1 aromatic carbocycles. The Morgan fingerprint density at radius 1 is 1.15 bits per heavy atom. The van der Waals surface area contributed by atoms with Crippen LogP contribution in [0.2, 0.25) is 0 Å². The number of nitrogens with zero attached hydrogens (tertiary/aromatic N) is 2. The predicted molar refractivity (Wildman–Crippen MR) is 79.7 cm³/mol. The molecule has 5 heteroatoms. The van der Waals surface area contributed by atoms with E-state index in [-0.39, 0.29) is 0 Å². The van der Waals surface area contributed by atoms with Crippen LogP contribution in [-0.2, 0) is 12.8 Å². The highest BCUT2D eigenvalue weighted by molar-refractivity contribution is 5.48. The molecule has 20 heavy (non-hydrogen) atoms. The first kappa shape index (κ1) is 14.3. The molecule has 0 saturated carbocycles. The number of aromatic nitrogens is 2. The number of aryl methyl sites for hydroxylation is 1.